The third kappa shape index (κ3) is 4.19. The summed E-state index contributed by atoms with van der Waals surface area (Å²) in [7, 11) is 0. The van der Waals surface area contributed by atoms with Gasteiger partial charge in [0.1, 0.15) is 0 Å². The molecule has 3 heterocycles. The number of hydrogen-bond acceptors (Lipinski definition) is 5. The van der Waals surface area contributed by atoms with Crippen molar-refractivity contribution in [2.45, 2.75) is 31.5 Å². The summed E-state index contributed by atoms with van der Waals surface area (Å²) >= 11 is 12.5. The number of rotatable bonds is 5. The molecule has 2 aliphatic heterocycles. The molecule has 2 N–H and O–H groups in total. The lowest BCUT2D eigenvalue weighted by Crippen LogP contribution is -2.63. The molecule has 2 fully saturated rings. The molecule has 1 aromatic heterocycles. The van der Waals surface area contributed by atoms with Crippen molar-refractivity contribution < 1.29 is 9.90 Å². The minimum Gasteiger partial charge on any atom is -0.394 e. The number of hydrogen-bond donors (Lipinski definition) is 2. The number of aromatic nitrogens is 2. The fraction of sp³-hybridized carbons (Fsp3) is 0.417. The zero-order chi connectivity index (χ0) is 23.1. The van der Waals surface area contributed by atoms with E-state index >= 15 is 0 Å². The van der Waals surface area contributed by atoms with E-state index in [1.165, 1.54) is 0 Å². The van der Waals surface area contributed by atoms with Crippen molar-refractivity contribution in [2.75, 3.05) is 37.7 Å². The van der Waals surface area contributed by atoms with Gasteiger partial charge in [0.25, 0.3) is 0 Å². The molecule has 3 aromatic rings. The van der Waals surface area contributed by atoms with Gasteiger partial charge in [-0.1, -0.05) is 29.3 Å². The van der Waals surface area contributed by atoms with E-state index in [4.69, 9.17) is 23.2 Å². The van der Waals surface area contributed by atoms with Crippen LogP contribution in [-0.4, -0.2) is 70.6 Å². The number of aliphatic hydroxyl groups excluding tert-OH is 1. The molecular weight excluding hydrogens is 461 g/mol. The molecule has 174 valence electrons. The Kier molecular flexibility index (Phi) is 6.22. The molecule has 0 bridgehead atoms. The highest BCUT2D eigenvalue weighted by molar-refractivity contribution is 6.35. The topological polar surface area (TPSA) is 73.6 Å². The van der Waals surface area contributed by atoms with Crippen LogP contribution in [0, 0.1) is 0 Å². The molecule has 0 saturated carbocycles. The Hall–Kier alpha value is -2.32. The molecule has 3 unspecified atom stereocenters. The van der Waals surface area contributed by atoms with Crippen LogP contribution in [0.3, 0.4) is 0 Å². The lowest BCUT2D eigenvalue weighted by molar-refractivity contribution is -0.139. The Balaban J connectivity index is 1.40. The van der Waals surface area contributed by atoms with Gasteiger partial charge in [-0.15, -0.1) is 0 Å². The van der Waals surface area contributed by atoms with Crippen molar-refractivity contribution in [3.63, 3.8) is 0 Å². The van der Waals surface area contributed by atoms with Gasteiger partial charge in [0.15, 0.2) is 0 Å². The number of halogens is 2. The maximum absolute atomic E-state index is 12.7. The summed E-state index contributed by atoms with van der Waals surface area (Å²) in [5.74, 6) is 0.0992. The first-order valence-corrected chi connectivity index (χ1v) is 12.0. The summed E-state index contributed by atoms with van der Waals surface area (Å²) in [6, 6.07) is 11.4. The Morgan fingerprint density at radius 3 is 2.76 bits per heavy atom. The van der Waals surface area contributed by atoms with Crippen molar-refractivity contribution in [1.82, 2.24) is 20.0 Å². The van der Waals surface area contributed by atoms with Crippen LogP contribution in [0.2, 0.25) is 10.0 Å². The number of aliphatic hydroxyl groups is 1. The average Bonchev–Trinajstić information content (AvgIpc) is 3.20. The smallest absolute Gasteiger partial charge is 0.240 e. The fourth-order valence-electron chi connectivity index (χ4n) is 4.74. The predicted octanol–water partition coefficient (Wildman–Crippen LogP) is 3.32. The zero-order valence-corrected chi connectivity index (χ0v) is 19.9. The van der Waals surface area contributed by atoms with E-state index in [9.17, 15) is 9.90 Å². The van der Waals surface area contributed by atoms with Gasteiger partial charge in [-0.25, -0.2) is 0 Å². The number of amides is 1. The monoisotopic (exact) mass is 487 g/mol. The Morgan fingerprint density at radius 1 is 1.24 bits per heavy atom. The number of fused-ring (bicyclic) bond motifs is 1. The van der Waals surface area contributed by atoms with E-state index in [2.05, 4.69) is 40.4 Å². The molecular formula is C24H27Cl2N5O2. The minimum atomic E-state index is -0.221. The molecule has 2 aromatic carbocycles. The van der Waals surface area contributed by atoms with Crippen LogP contribution in [0.25, 0.3) is 10.9 Å². The summed E-state index contributed by atoms with van der Waals surface area (Å²) in [4.78, 5) is 16.8. The van der Waals surface area contributed by atoms with Gasteiger partial charge in [0.2, 0.25) is 5.91 Å². The number of carbonyl (C=O) groups excluding carboxylic acids is 1. The molecule has 2 aliphatic rings. The van der Waals surface area contributed by atoms with Gasteiger partial charge < -0.3 is 20.2 Å². The average molecular weight is 488 g/mol. The molecule has 5 rings (SSSR count). The highest BCUT2D eigenvalue weighted by Gasteiger charge is 2.36. The summed E-state index contributed by atoms with van der Waals surface area (Å²) < 4.78 is 1.97. The van der Waals surface area contributed by atoms with E-state index in [1.54, 1.807) is 6.07 Å². The largest absolute Gasteiger partial charge is 0.394 e. The van der Waals surface area contributed by atoms with Crippen LogP contribution in [0.4, 0.5) is 5.69 Å². The van der Waals surface area contributed by atoms with Crippen LogP contribution >= 0.6 is 23.2 Å². The molecule has 0 spiro atoms. The quantitative estimate of drug-likeness (QED) is 0.577. The molecule has 33 heavy (non-hydrogen) atoms. The third-order valence-corrected chi connectivity index (χ3v) is 7.39. The van der Waals surface area contributed by atoms with E-state index < -0.39 is 0 Å². The van der Waals surface area contributed by atoms with Crippen molar-refractivity contribution in [1.29, 1.82) is 0 Å². The molecule has 0 radical (unpaired) electrons. The number of carbonyl (C=O) groups is 1. The SMILES string of the molecule is CC(c1ccc(Cl)cc1Cl)n1ncc2ccc(N3CCN(C(=O)C4CCN4)C(CO)C3)cc21. The van der Waals surface area contributed by atoms with Gasteiger partial charge >= 0.3 is 0 Å². The summed E-state index contributed by atoms with van der Waals surface area (Å²) in [6.07, 6.45) is 2.73. The normalized spacial score (nSPS) is 21.8. The summed E-state index contributed by atoms with van der Waals surface area (Å²) in [6.45, 7) is 4.79. The van der Waals surface area contributed by atoms with Crippen LogP contribution in [0.1, 0.15) is 24.9 Å². The van der Waals surface area contributed by atoms with Gasteiger partial charge in [-0.3, -0.25) is 9.48 Å². The van der Waals surface area contributed by atoms with Crippen LogP contribution in [0.5, 0.6) is 0 Å². The zero-order valence-electron chi connectivity index (χ0n) is 18.4. The highest BCUT2D eigenvalue weighted by Crippen LogP contribution is 2.32. The van der Waals surface area contributed by atoms with Gasteiger partial charge in [-0.05, 0) is 55.8 Å². The molecule has 0 aliphatic carbocycles. The van der Waals surface area contributed by atoms with E-state index in [1.807, 2.05) is 27.9 Å². The van der Waals surface area contributed by atoms with E-state index in [0.29, 0.717) is 29.7 Å². The first kappa shape index (κ1) is 22.5. The minimum absolute atomic E-state index is 0.0543. The number of piperazine rings is 1. The molecule has 1 amide bonds. The number of nitrogens with zero attached hydrogens (tertiary/aromatic N) is 4. The molecule has 2 saturated heterocycles. The Bertz CT molecular complexity index is 1180. The summed E-state index contributed by atoms with van der Waals surface area (Å²) in [5, 5.41) is 20.1. The van der Waals surface area contributed by atoms with Crippen molar-refractivity contribution in [3.8, 4) is 0 Å². The number of nitrogens with one attached hydrogen (secondary N) is 1. The standard InChI is InChI=1S/C24H27Cl2N5O2/c1-15(20-5-3-17(25)10-21(20)26)31-23-11-18(4-2-16(23)12-28-31)29-8-9-30(19(13-29)14-32)24(33)22-6-7-27-22/h2-5,10-12,15,19,22,27,32H,6-9,13-14H2,1H3. The van der Waals surface area contributed by atoms with Gasteiger partial charge in [0.05, 0.1) is 36.4 Å². The highest BCUT2D eigenvalue weighted by atomic mass is 35.5. The first-order valence-electron chi connectivity index (χ1n) is 11.3. The van der Waals surface area contributed by atoms with Gasteiger partial charge in [0, 0.05) is 40.8 Å². The molecule has 9 heteroatoms. The van der Waals surface area contributed by atoms with Crippen LogP contribution < -0.4 is 10.2 Å². The van der Waals surface area contributed by atoms with E-state index in [0.717, 1.165) is 35.1 Å². The number of benzene rings is 2. The number of anilines is 1. The molecule has 7 nitrogen and oxygen atoms in total. The Morgan fingerprint density at radius 2 is 2.06 bits per heavy atom. The van der Waals surface area contributed by atoms with Crippen molar-refractivity contribution in [3.05, 3.63) is 58.2 Å². The second kappa shape index (κ2) is 9.14. The predicted molar refractivity (Wildman–Crippen MR) is 131 cm³/mol. The second-order valence-electron chi connectivity index (χ2n) is 8.78. The molecule has 3 atom stereocenters. The Labute approximate surface area is 202 Å². The van der Waals surface area contributed by atoms with Crippen LogP contribution in [-0.2, 0) is 4.79 Å². The second-order valence-corrected chi connectivity index (χ2v) is 9.63. The third-order valence-electron chi connectivity index (χ3n) is 6.83. The first-order chi connectivity index (χ1) is 16.0. The van der Waals surface area contributed by atoms with Crippen LogP contribution in [0.15, 0.2) is 42.6 Å². The van der Waals surface area contributed by atoms with Crippen molar-refractivity contribution in [2.24, 2.45) is 0 Å². The maximum atomic E-state index is 12.7. The summed E-state index contributed by atoms with van der Waals surface area (Å²) in [5.41, 5.74) is 3.00. The lowest BCUT2D eigenvalue weighted by atomic mass is 10.0. The van der Waals surface area contributed by atoms with Crippen molar-refractivity contribution >= 4 is 45.7 Å². The maximum Gasteiger partial charge on any atom is 0.240 e. The van der Waals surface area contributed by atoms with Gasteiger partial charge in [-0.2, -0.15) is 5.10 Å². The lowest BCUT2D eigenvalue weighted by Gasteiger charge is -2.44. The van der Waals surface area contributed by atoms with E-state index in [-0.39, 0.29) is 30.6 Å². The fourth-order valence-corrected chi connectivity index (χ4v) is 5.31.